The van der Waals surface area contributed by atoms with E-state index in [0.717, 1.165) is 16.9 Å². The summed E-state index contributed by atoms with van der Waals surface area (Å²) in [6, 6.07) is 0.980. The van der Waals surface area contributed by atoms with Crippen LogP contribution in [0.4, 0.5) is 0 Å². The maximum absolute atomic E-state index is 5.28. The normalized spacial score (nSPS) is 31.4. The van der Waals surface area contributed by atoms with Gasteiger partial charge in [-0.1, -0.05) is 26.7 Å². The van der Waals surface area contributed by atoms with Gasteiger partial charge in [-0.2, -0.15) is 0 Å². The molecule has 3 atom stereocenters. The van der Waals surface area contributed by atoms with Gasteiger partial charge in [0.1, 0.15) is 0 Å². The van der Waals surface area contributed by atoms with E-state index in [4.69, 9.17) is 12.2 Å². The minimum Gasteiger partial charge on any atom is -0.361 e. The Bertz CT molecular complexity index is 216. The van der Waals surface area contributed by atoms with Gasteiger partial charge in [0, 0.05) is 12.1 Å². The summed E-state index contributed by atoms with van der Waals surface area (Å²) < 4.78 is 0. The van der Waals surface area contributed by atoms with Crippen LogP contribution in [0.5, 0.6) is 0 Å². The SMILES string of the molecule is CC(C)NC(=S)NC1CCCC(C)C1C. The van der Waals surface area contributed by atoms with Crippen LogP contribution in [0.25, 0.3) is 0 Å². The Balaban J connectivity index is 2.39. The third kappa shape index (κ3) is 3.98. The second kappa shape index (κ2) is 5.69. The predicted octanol–water partition coefficient (Wildman–Crippen LogP) is 2.68. The van der Waals surface area contributed by atoms with Gasteiger partial charge in [-0.3, -0.25) is 0 Å². The third-order valence-corrected chi connectivity index (χ3v) is 3.68. The highest BCUT2D eigenvalue weighted by Gasteiger charge is 2.27. The van der Waals surface area contributed by atoms with Gasteiger partial charge in [0.25, 0.3) is 0 Å². The van der Waals surface area contributed by atoms with Crippen LogP contribution in [-0.4, -0.2) is 17.2 Å². The van der Waals surface area contributed by atoms with Crippen molar-refractivity contribution >= 4 is 17.3 Å². The maximum Gasteiger partial charge on any atom is 0.166 e. The van der Waals surface area contributed by atoms with Crippen molar-refractivity contribution in [2.75, 3.05) is 0 Å². The van der Waals surface area contributed by atoms with Gasteiger partial charge in [-0.25, -0.2) is 0 Å². The van der Waals surface area contributed by atoms with Gasteiger partial charge < -0.3 is 10.6 Å². The van der Waals surface area contributed by atoms with Crippen LogP contribution in [0.3, 0.4) is 0 Å². The van der Waals surface area contributed by atoms with Crippen LogP contribution < -0.4 is 10.6 Å². The first-order valence-electron chi connectivity index (χ1n) is 6.07. The fourth-order valence-electron chi connectivity index (χ4n) is 2.26. The number of hydrogen-bond donors (Lipinski definition) is 2. The van der Waals surface area contributed by atoms with Gasteiger partial charge >= 0.3 is 0 Å². The molecule has 88 valence electrons. The third-order valence-electron chi connectivity index (χ3n) is 3.44. The Hall–Kier alpha value is -0.310. The molecule has 0 radical (unpaired) electrons. The average molecular weight is 228 g/mol. The minimum absolute atomic E-state index is 0.418. The lowest BCUT2D eigenvalue weighted by molar-refractivity contribution is 0.224. The average Bonchev–Trinajstić information content (AvgIpc) is 2.11. The van der Waals surface area contributed by atoms with Crippen molar-refractivity contribution in [2.24, 2.45) is 11.8 Å². The van der Waals surface area contributed by atoms with E-state index >= 15 is 0 Å². The van der Waals surface area contributed by atoms with E-state index in [1.165, 1.54) is 19.3 Å². The summed E-state index contributed by atoms with van der Waals surface area (Å²) >= 11 is 5.28. The van der Waals surface area contributed by atoms with Gasteiger partial charge in [-0.15, -0.1) is 0 Å². The monoisotopic (exact) mass is 228 g/mol. The van der Waals surface area contributed by atoms with Crippen molar-refractivity contribution in [3.05, 3.63) is 0 Å². The highest BCUT2D eigenvalue weighted by atomic mass is 32.1. The first kappa shape index (κ1) is 12.8. The lowest BCUT2D eigenvalue weighted by Gasteiger charge is -2.35. The van der Waals surface area contributed by atoms with Gasteiger partial charge in [0.05, 0.1) is 0 Å². The molecule has 0 aromatic rings. The van der Waals surface area contributed by atoms with Crippen LogP contribution in [0, 0.1) is 11.8 Å². The molecule has 0 aromatic carbocycles. The van der Waals surface area contributed by atoms with Crippen LogP contribution in [0.15, 0.2) is 0 Å². The molecule has 1 rings (SSSR count). The minimum atomic E-state index is 0.418. The maximum atomic E-state index is 5.28. The van der Waals surface area contributed by atoms with E-state index in [1.54, 1.807) is 0 Å². The molecule has 2 N–H and O–H groups in total. The summed E-state index contributed by atoms with van der Waals surface area (Å²) in [6.45, 7) is 8.90. The van der Waals surface area contributed by atoms with Crippen LogP contribution in [-0.2, 0) is 0 Å². The highest BCUT2D eigenvalue weighted by Crippen LogP contribution is 2.29. The summed E-state index contributed by atoms with van der Waals surface area (Å²) in [6.07, 6.45) is 3.95. The molecule has 0 saturated heterocycles. The van der Waals surface area contributed by atoms with Gasteiger partial charge in [0.15, 0.2) is 5.11 Å². The molecule has 3 heteroatoms. The quantitative estimate of drug-likeness (QED) is 0.711. The van der Waals surface area contributed by atoms with Crippen LogP contribution >= 0.6 is 12.2 Å². The van der Waals surface area contributed by atoms with Crippen molar-refractivity contribution < 1.29 is 0 Å². The first-order valence-corrected chi connectivity index (χ1v) is 6.48. The molecular weight excluding hydrogens is 204 g/mol. The van der Waals surface area contributed by atoms with Crippen LogP contribution in [0.1, 0.15) is 47.0 Å². The molecule has 1 aliphatic rings. The number of hydrogen-bond acceptors (Lipinski definition) is 1. The number of thiocarbonyl (C=S) groups is 1. The fourth-order valence-corrected chi connectivity index (χ4v) is 2.65. The van der Waals surface area contributed by atoms with E-state index in [1.807, 2.05) is 0 Å². The van der Waals surface area contributed by atoms with Gasteiger partial charge in [-0.05, 0) is 44.3 Å². The van der Waals surface area contributed by atoms with Crippen molar-refractivity contribution in [2.45, 2.75) is 59.0 Å². The molecule has 3 unspecified atom stereocenters. The molecule has 0 aromatic heterocycles. The topological polar surface area (TPSA) is 24.1 Å². The summed E-state index contributed by atoms with van der Waals surface area (Å²) in [4.78, 5) is 0. The summed E-state index contributed by atoms with van der Waals surface area (Å²) in [5, 5.41) is 7.51. The van der Waals surface area contributed by atoms with Crippen molar-refractivity contribution in [3.63, 3.8) is 0 Å². The summed E-state index contributed by atoms with van der Waals surface area (Å²) in [7, 11) is 0. The van der Waals surface area contributed by atoms with Crippen molar-refractivity contribution in [1.82, 2.24) is 10.6 Å². The zero-order valence-electron chi connectivity index (χ0n) is 10.3. The number of rotatable bonds is 2. The van der Waals surface area contributed by atoms with Gasteiger partial charge in [0.2, 0.25) is 0 Å². The van der Waals surface area contributed by atoms with E-state index in [0.29, 0.717) is 12.1 Å². The molecule has 0 aliphatic heterocycles. The smallest absolute Gasteiger partial charge is 0.166 e. The van der Waals surface area contributed by atoms with Crippen LogP contribution in [0.2, 0.25) is 0 Å². The summed E-state index contributed by atoms with van der Waals surface area (Å²) in [5.41, 5.74) is 0. The van der Waals surface area contributed by atoms with E-state index in [-0.39, 0.29) is 0 Å². The largest absolute Gasteiger partial charge is 0.361 e. The molecule has 15 heavy (non-hydrogen) atoms. The molecule has 0 amide bonds. The number of nitrogens with one attached hydrogen (secondary N) is 2. The Morgan fingerprint density at radius 3 is 2.53 bits per heavy atom. The second-order valence-corrected chi connectivity index (χ2v) is 5.55. The zero-order valence-corrected chi connectivity index (χ0v) is 11.2. The van der Waals surface area contributed by atoms with E-state index in [2.05, 4.69) is 38.3 Å². The Kier molecular flexibility index (Phi) is 4.84. The molecule has 1 fully saturated rings. The van der Waals surface area contributed by atoms with Crippen molar-refractivity contribution in [3.8, 4) is 0 Å². The molecule has 0 spiro atoms. The molecule has 2 nitrogen and oxygen atoms in total. The van der Waals surface area contributed by atoms with E-state index < -0.39 is 0 Å². The molecule has 0 bridgehead atoms. The second-order valence-electron chi connectivity index (χ2n) is 5.15. The Labute approximate surface area is 99.2 Å². The standard InChI is InChI=1S/C12H24N2S/c1-8(2)13-12(15)14-11-7-5-6-9(3)10(11)4/h8-11H,5-7H2,1-4H3,(H2,13,14,15). The lowest BCUT2D eigenvalue weighted by Crippen LogP contribution is -2.49. The Morgan fingerprint density at radius 1 is 1.27 bits per heavy atom. The molecule has 1 aliphatic carbocycles. The van der Waals surface area contributed by atoms with E-state index in [9.17, 15) is 0 Å². The fraction of sp³-hybridized carbons (Fsp3) is 0.917. The predicted molar refractivity (Wildman–Crippen MR) is 70.0 cm³/mol. The molecule has 1 saturated carbocycles. The molecule has 0 heterocycles. The zero-order chi connectivity index (χ0) is 11.4. The first-order chi connectivity index (χ1) is 7.00. The highest BCUT2D eigenvalue weighted by molar-refractivity contribution is 7.80. The van der Waals surface area contributed by atoms with Crippen molar-refractivity contribution in [1.29, 1.82) is 0 Å². The Morgan fingerprint density at radius 2 is 1.93 bits per heavy atom. The lowest BCUT2D eigenvalue weighted by atomic mass is 9.78. The molecular formula is C12H24N2S. The summed E-state index contributed by atoms with van der Waals surface area (Å²) in [5.74, 6) is 1.55.